The number of hydrogen-bond donors (Lipinski definition) is 1. The first-order chi connectivity index (χ1) is 13.6. The van der Waals surface area contributed by atoms with Crippen LogP contribution < -0.4 is 10.9 Å². The summed E-state index contributed by atoms with van der Waals surface area (Å²) in [5, 5.41) is 9.10. The van der Waals surface area contributed by atoms with Gasteiger partial charge in [0.05, 0.1) is 35.6 Å². The maximum absolute atomic E-state index is 12.7. The molecule has 7 nitrogen and oxygen atoms in total. The van der Waals surface area contributed by atoms with Crippen LogP contribution in [0.5, 0.6) is 0 Å². The normalized spacial score (nSPS) is 12.1. The molecule has 0 aliphatic carbocycles. The van der Waals surface area contributed by atoms with Crippen molar-refractivity contribution in [1.82, 2.24) is 24.7 Å². The summed E-state index contributed by atoms with van der Waals surface area (Å²) in [5.41, 5.74) is 1.51. The average Bonchev–Trinajstić information content (AvgIpc) is 2.70. The molecule has 0 aliphatic rings. The minimum atomic E-state index is -0.134. The van der Waals surface area contributed by atoms with Crippen LogP contribution in [0.1, 0.15) is 30.2 Å². The van der Waals surface area contributed by atoms with Gasteiger partial charge in [0.15, 0.2) is 0 Å². The van der Waals surface area contributed by atoms with Gasteiger partial charge in [0.25, 0.3) is 5.56 Å². The second-order valence-electron chi connectivity index (χ2n) is 6.61. The maximum Gasteiger partial charge on any atom is 0.274 e. The second kappa shape index (κ2) is 7.56. The minimum absolute atomic E-state index is 0.00938. The van der Waals surface area contributed by atoms with E-state index in [0.29, 0.717) is 22.7 Å². The van der Waals surface area contributed by atoms with E-state index >= 15 is 0 Å². The Hall–Kier alpha value is -3.61. The van der Waals surface area contributed by atoms with E-state index in [4.69, 9.17) is 0 Å². The number of nitrogens with one attached hydrogen (secondary N) is 1. The first kappa shape index (κ1) is 17.8. The molecule has 0 aliphatic heterocycles. The molecule has 28 heavy (non-hydrogen) atoms. The maximum atomic E-state index is 12.7. The monoisotopic (exact) mass is 372 g/mol. The van der Waals surface area contributed by atoms with Crippen molar-refractivity contribution in [1.29, 1.82) is 0 Å². The van der Waals surface area contributed by atoms with Crippen molar-refractivity contribution in [2.45, 2.75) is 26.4 Å². The molecule has 1 atom stereocenters. The number of anilines is 1. The largest absolute Gasteiger partial charge is 0.362 e. The molecule has 0 radical (unpaired) electrons. The van der Waals surface area contributed by atoms with Crippen molar-refractivity contribution in [2.75, 3.05) is 5.32 Å². The van der Waals surface area contributed by atoms with Crippen LogP contribution in [-0.4, -0.2) is 24.7 Å². The van der Waals surface area contributed by atoms with Crippen molar-refractivity contribution >= 4 is 16.6 Å². The second-order valence-corrected chi connectivity index (χ2v) is 6.61. The van der Waals surface area contributed by atoms with Gasteiger partial charge in [-0.05, 0) is 32.0 Å². The van der Waals surface area contributed by atoms with Crippen LogP contribution >= 0.6 is 0 Å². The zero-order valence-corrected chi connectivity index (χ0v) is 15.7. The van der Waals surface area contributed by atoms with Gasteiger partial charge in [-0.1, -0.05) is 24.3 Å². The van der Waals surface area contributed by atoms with Crippen molar-refractivity contribution in [3.63, 3.8) is 0 Å². The van der Waals surface area contributed by atoms with E-state index in [9.17, 15) is 4.79 Å². The van der Waals surface area contributed by atoms with Gasteiger partial charge in [-0.25, -0.2) is 14.6 Å². The molecule has 1 N–H and O–H groups in total. The molecular formula is C21H20N6O. The van der Waals surface area contributed by atoms with E-state index < -0.39 is 0 Å². The molecule has 0 bridgehead atoms. The Balaban J connectivity index is 1.61. The highest BCUT2D eigenvalue weighted by Crippen LogP contribution is 2.17. The Morgan fingerprint density at radius 3 is 2.75 bits per heavy atom. The highest BCUT2D eigenvalue weighted by molar-refractivity contribution is 5.80. The molecule has 4 rings (SSSR count). The predicted octanol–water partition coefficient (Wildman–Crippen LogP) is 3.11. The Labute approximate surface area is 162 Å². The van der Waals surface area contributed by atoms with Gasteiger partial charge in [-0.2, -0.15) is 5.10 Å². The van der Waals surface area contributed by atoms with E-state index in [1.807, 2.05) is 62.4 Å². The molecular weight excluding hydrogens is 352 g/mol. The van der Waals surface area contributed by atoms with Crippen LogP contribution in [0.25, 0.3) is 10.8 Å². The molecule has 4 aromatic rings. The third kappa shape index (κ3) is 3.73. The Morgan fingerprint density at radius 2 is 1.93 bits per heavy atom. The number of aromatic nitrogens is 5. The van der Waals surface area contributed by atoms with E-state index in [2.05, 4.69) is 25.4 Å². The lowest BCUT2D eigenvalue weighted by Gasteiger charge is -2.15. The predicted molar refractivity (Wildman–Crippen MR) is 108 cm³/mol. The zero-order chi connectivity index (χ0) is 19.5. The number of fused-ring (bicyclic) bond motifs is 1. The summed E-state index contributed by atoms with van der Waals surface area (Å²) in [6.07, 6.45) is 3.47. The van der Waals surface area contributed by atoms with Crippen molar-refractivity contribution in [3.05, 3.63) is 88.5 Å². The number of pyridine rings is 1. The summed E-state index contributed by atoms with van der Waals surface area (Å²) in [7, 11) is 0. The number of hydrogen-bond acceptors (Lipinski definition) is 6. The van der Waals surface area contributed by atoms with Crippen molar-refractivity contribution < 1.29 is 0 Å². The van der Waals surface area contributed by atoms with Crippen LogP contribution in [0.2, 0.25) is 0 Å². The first-order valence-corrected chi connectivity index (χ1v) is 9.07. The van der Waals surface area contributed by atoms with Crippen molar-refractivity contribution in [2.24, 2.45) is 0 Å². The van der Waals surface area contributed by atoms with Crippen LogP contribution in [0, 0.1) is 6.92 Å². The lowest BCUT2D eigenvalue weighted by Crippen LogP contribution is -2.24. The van der Waals surface area contributed by atoms with E-state index in [-0.39, 0.29) is 18.1 Å². The lowest BCUT2D eigenvalue weighted by atomic mass is 10.2. The van der Waals surface area contributed by atoms with Crippen LogP contribution in [0.4, 0.5) is 5.82 Å². The fourth-order valence-corrected chi connectivity index (χ4v) is 3.11. The first-order valence-electron chi connectivity index (χ1n) is 9.07. The molecule has 0 saturated carbocycles. The highest BCUT2D eigenvalue weighted by Gasteiger charge is 2.11. The van der Waals surface area contributed by atoms with Gasteiger partial charge in [0.1, 0.15) is 11.6 Å². The summed E-state index contributed by atoms with van der Waals surface area (Å²) in [6.45, 7) is 4.13. The Bertz CT molecular complexity index is 1170. The van der Waals surface area contributed by atoms with Crippen LogP contribution in [0.3, 0.4) is 0 Å². The quantitative estimate of drug-likeness (QED) is 0.579. The third-order valence-corrected chi connectivity index (χ3v) is 4.46. The lowest BCUT2D eigenvalue weighted by molar-refractivity contribution is 0.632. The standard InChI is InChI=1S/C21H20N6O/c1-14(19-9-5-6-10-22-19)24-20-11-17(25-15(2)26-20)13-27-21(28)18-8-4-3-7-16(18)12-23-27/h3-12,14H,13H2,1-2H3,(H,24,25,26)/t14-/m0/s1. The van der Waals surface area contributed by atoms with Gasteiger partial charge in [0.2, 0.25) is 0 Å². The zero-order valence-electron chi connectivity index (χ0n) is 15.7. The fraction of sp³-hybridized carbons (Fsp3) is 0.190. The third-order valence-electron chi connectivity index (χ3n) is 4.46. The molecule has 0 saturated heterocycles. The molecule has 3 aromatic heterocycles. The summed E-state index contributed by atoms with van der Waals surface area (Å²) in [6, 6.07) is 15.1. The number of rotatable bonds is 5. The summed E-state index contributed by atoms with van der Waals surface area (Å²) in [5.74, 6) is 1.32. The topological polar surface area (TPSA) is 85.6 Å². The van der Waals surface area contributed by atoms with Gasteiger partial charge in [-0.15, -0.1) is 0 Å². The van der Waals surface area contributed by atoms with Crippen molar-refractivity contribution in [3.8, 4) is 0 Å². The molecule has 3 heterocycles. The molecule has 7 heteroatoms. The average molecular weight is 372 g/mol. The molecule has 0 fully saturated rings. The molecule has 1 aromatic carbocycles. The number of benzene rings is 1. The van der Waals surface area contributed by atoms with Gasteiger partial charge in [0, 0.05) is 17.6 Å². The molecule has 0 spiro atoms. The molecule has 0 unspecified atom stereocenters. The van der Waals surface area contributed by atoms with Gasteiger partial charge < -0.3 is 5.32 Å². The van der Waals surface area contributed by atoms with Crippen LogP contribution in [-0.2, 0) is 6.54 Å². The Morgan fingerprint density at radius 1 is 1.11 bits per heavy atom. The van der Waals surface area contributed by atoms with E-state index in [1.54, 1.807) is 12.4 Å². The van der Waals surface area contributed by atoms with Crippen LogP contribution in [0.15, 0.2) is 65.7 Å². The van der Waals surface area contributed by atoms with Gasteiger partial charge >= 0.3 is 0 Å². The number of nitrogens with zero attached hydrogens (tertiary/aromatic N) is 5. The molecule has 140 valence electrons. The highest BCUT2D eigenvalue weighted by atomic mass is 16.1. The van der Waals surface area contributed by atoms with E-state index in [1.165, 1.54) is 4.68 Å². The Kier molecular flexibility index (Phi) is 4.80. The smallest absolute Gasteiger partial charge is 0.274 e. The number of aryl methyl sites for hydroxylation is 1. The minimum Gasteiger partial charge on any atom is -0.362 e. The summed E-state index contributed by atoms with van der Waals surface area (Å²) >= 11 is 0. The fourth-order valence-electron chi connectivity index (χ4n) is 3.11. The summed E-state index contributed by atoms with van der Waals surface area (Å²) in [4.78, 5) is 26.0. The van der Waals surface area contributed by atoms with Gasteiger partial charge in [-0.3, -0.25) is 9.78 Å². The van der Waals surface area contributed by atoms with E-state index in [0.717, 1.165) is 11.1 Å². The summed E-state index contributed by atoms with van der Waals surface area (Å²) < 4.78 is 1.43. The SMILES string of the molecule is Cc1nc(Cn2ncc3ccccc3c2=O)cc(N[C@@H](C)c2ccccn2)n1. The molecule has 0 amide bonds.